The van der Waals surface area contributed by atoms with Crippen molar-refractivity contribution in [3.05, 3.63) is 23.8 Å². The van der Waals surface area contributed by atoms with E-state index in [9.17, 15) is 0 Å². The van der Waals surface area contributed by atoms with Crippen LogP contribution in [-0.2, 0) is 4.74 Å². The van der Waals surface area contributed by atoms with Crippen LogP contribution in [0.5, 0.6) is 11.5 Å². The molecular weight excluding hydrogens is 242 g/mol. The Bertz CT molecular complexity index is 420. The number of morpholine rings is 1. The van der Waals surface area contributed by atoms with Gasteiger partial charge in [-0.1, -0.05) is 19.9 Å². The van der Waals surface area contributed by atoms with Gasteiger partial charge in [-0.25, -0.2) is 0 Å². The molecule has 0 radical (unpaired) electrons. The van der Waals surface area contributed by atoms with E-state index in [1.807, 2.05) is 18.2 Å². The molecule has 2 unspecified atom stereocenters. The van der Waals surface area contributed by atoms with Crippen LogP contribution >= 0.6 is 0 Å². The summed E-state index contributed by atoms with van der Waals surface area (Å²) in [6.07, 6.45) is 0.327. The van der Waals surface area contributed by atoms with Crippen molar-refractivity contribution >= 4 is 0 Å². The fourth-order valence-electron chi connectivity index (χ4n) is 2.31. The molecule has 0 aromatic heterocycles. The smallest absolute Gasteiger partial charge is 0.161 e. The van der Waals surface area contributed by atoms with Crippen molar-refractivity contribution < 1.29 is 14.2 Å². The van der Waals surface area contributed by atoms with E-state index in [0.717, 1.165) is 30.2 Å². The summed E-state index contributed by atoms with van der Waals surface area (Å²) in [5.74, 6) is 2.00. The number of nitrogens with one attached hydrogen (secondary N) is 1. The fourth-order valence-corrected chi connectivity index (χ4v) is 2.31. The molecule has 106 valence electrons. The first kappa shape index (κ1) is 14.2. The molecule has 1 aromatic carbocycles. The van der Waals surface area contributed by atoms with E-state index < -0.39 is 0 Å². The van der Waals surface area contributed by atoms with Crippen molar-refractivity contribution in [2.75, 3.05) is 27.3 Å². The molecule has 1 aliphatic rings. The first-order valence-corrected chi connectivity index (χ1v) is 6.73. The van der Waals surface area contributed by atoms with Gasteiger partial charge in [-0.2, -0.15) is 0 Å². The lowest BCUT2D eigenvalue weighted by Crippen LogP contribution is -2.43. The number of methoxy groups -OCH3 is 2. The molecule has 1 heterocycles. The number of rotatable bonds is 4. The van der Waals surface area contributed by atoms with Gasteiger partial charge in [-0.15, -0.1) is 0 Å². The average Bonchev–Trinajstić information content (AvgIpc) is 2.46. The number of hydrogen-bond acceptors (Lipinski definition) is 4. The Morgan fingerprint density at radius 1 is 1.16 bits per heavy atom. The molecule has 2 rings (SSSR count). The summed E-state index contributed by atoms with van der Waals surface area (Å²) in [5.41, 5.74) is 1.12. The maximum absolute atomic E-state index is 6.15. The van der Waals surface area contributed by atoms with Crippen molar-refractivity contribution in [1.82, 2.24) is 5.32 Å². The minimum Gasteiger partial charge on any atom is -0.493 e. The molecule has 1 saturated heterocycles. The van der Waals surface area contributed by atoms with Gasteiger partial charge in [0.25, 0.3) is 0 Å². The fraction of sp³-hybridized carbons (Fsp3) is 0.600. The van der Waals surface area contributed by atoms with E-state index in [2.05, 4.69) is 19.2 Å². The zero-order valence-corrected chi connectivity index (χ0v) is 12.1. The van der Waals surface area contributed by atoms with Gasteiger partial charge in [0.1, 0.15) is 0 Å². The Kier molecular flexibility index (Phi) is 4.66. The molecule has 4 heteroatoms. The molecular formula is C15H23NO3. The monoisotopic (exact) mass is 265 g/mol. The van der Waals surface area contributed by atoms with Gasteiger partial charge in [0.05, 0.1) is 26.4 Å². The largest absolute Gasteiger partial charge is 0.493 e. The molecule has 0 spiro atoms. The van der Waals surface area contributed by atoms with E-state index in [-0.39, 0.29) is 12.2 Å². The van der Waals surface area contributed by atoms with Crippen LogP contribution in [0.25, 0.3) is 0 Å². The van der Waals surface area contributed by atoms with E-state index in [0.29, 0.717) is 5.92 Å². The molecule has 1 fully saturated rings. The minimum atomic E-state index is 0.0703. The normalized spacial score (nSPS) is 23.4. The van der Waals surface area contributed by atoms with Gasteiger partial charge < -0.3 is 19.5 Å². The standard InChI is InChI=1S/C15H23NO3/c1-10(2)14-8-16-9-15(19-14)11-5-6-12(17-3)13(7-11)18-4/h5-7,10,14-16H,8-9H2,1-4H3. The van der Waals surface area contributed by atoms with Crippen LogP contribution in [0, 0.1) is 5.92 Å². The highest BCUT2D eigenvalue weighted by molar-refractivity contribution is 5.43. The van der Waals surface area contributed by atoms with Gasteiger partial charge in [-0.05, 0) is 23.6 Å². The molecule has 2 atom stereocenters. The van der Waals surface area contributed by atoms with E-state index in [1.54, 1.807) is 14.2 Å². The minimum absolute atomic E-state index is 0.0703. The van der Waals surface area contributed by atoms with Crippen LogP contribution in [0.4, 0.5) is 0 Å². The summed E-state index contributed by atoms with van der Waals surface area (Å²) < 4.78 is 16.7. The van der Waals surface area contributed by atoms with Crippen molar-refractivity contribution in [1.29, 1.82) is 0 Å². The zero-order valence-electron chi connectivity index (χ0n) is 12.1. The van der Waals surface area contributed by atoms with Gasteiger partial charge >= 0.3 is 0 Å². The Hall–Kier alpha value is -1.26. The highest BCUT2D eigenvalue weighted by Gasteiger charge is 2.26. The lowest BCUT2D eigenvalue weighted by molar-refractivity contribution is -0.0604. The van der Waals surface area contributed by atoms with Crippen molar-refractivity contribution in [2.45, 2.75) is 26.1 Å². The lowest BCUT2D eigenvalue weighted by Gasteiger charge is -2.33. The van der Waals surface area contributed by atoms with E-state index in [4.69, 9.17) is 14.2 Å². The molecule has 4 nitrogen and oxygen atoms in total. The first-order valence-electron chi connectivity index (χ1n) is 6.73. The quantitative estimate of drug-likeness (QED) is 0.907. The first-order chi connectivity index (χ1) is 9.15. The number of benzene rings is 1. The highest BCUT2D eigenvalue weighted by Crippen LogP contribution is 2.32. The van der Waals surface area contributed by atoms with Crippen LogP contribution in [0.3, 0.4) is 0 Å². The van der Waals surface area contributed by atoms with Gasteiger partial charge in [0.2, 0.25) is 0 Å². The second-order valence-electron chi connectivity index (χ2n) is 5.18. The Morgan fingerprint density at radius 3 is 2.53 bits per heavy atom. The lowest BCUT2D eigenvalue weighted by atomic mass is 10.0. The van der Waals surface area contributed by atoms with E-state index in [1.165, 1.54) is 0 Å². The summed E-state index contributed by atoms with van der Waals surface area (Å²) in [5, 5.41) is 3.43. The van der Waals surface area contributed by atoms with Gasteiger partial charge in [-0.3, -0.25) is 0 Å². The maximum atomic E-state index is 6.15. The van der Waals surface area contributed by atoms with Crippen molar-refractivity contribution in [3.63, 3.8) is 0 Å². The van der Waals surface area contributed by atoms with Gasteiger partial charge in [0, 0.05) is 13.1 Å². The summed E-state index contributed by atoms with van der Waals surface area (Å²) in [6.45, 7) is 6.12. The average molecular weight is 265 g/mol. The van der Waals surface area contributed by atoms with Gasteiger partial charge in [0.15, 0.2) is 11.5 Å². The van der Waals surface area contributed by atoms with Crippen molar-refractivity contribution in [3.8, 4) is 11.5 Å². The molecule has 19 heavy (non-hydrogen) atoms. The second kappa shape index (κ2) is 6.26. The van der Waals surface area contributed by atoms with Crippen LogP contribution in [-0.4, -0.2) is 33.4 Å². The molecule has 0 amide bonds. The number of ether oxygens (including phenoxy) is 3. The third kappa shape index (κ3) is 3.19. The molecule has 0 saturated carbocycles. The van der Waals surface area contributed by atoms with E-state index >= 15 is 0 Å². The molecule has 1 aromatic rings. The van der Waals surface area contributed by atoms with Crippen LogP contribution in [0.2, 0.25) is 0 Å². The summed E-state index contributed by atoms with van der Waals surface area (Å²) in [6, 6.07) is 5.96. The molecule has 0 aliphatic carbocycles. The predicted molar refractivity (Wildman–Crippen MR) is 74.9 cm³/mol. The van der Waals surface area contributed by atoms with Crippen LogP contribution < -0.4 is 14.8 Å². The SMILES string of the molecule is COc1ccc(C2CNCC(C(C)C)O2)cc1OC. The Balaban J connectivity index is 2.17. The second-order valence-corrected chi connectivity index (χ2v) is 5.18. The third-order valence-electron chi connectivity index (χ3n) is 3.54. The predicted octanol–water partition coefficient (Wildman–Crippen LogP) is 2.39. The third-order valence-corrected chi connectivity index (χ3v) is 3.54. The zero-order chi connectivity index (χ0) is 13.8. The Morgan fingerprint density at radius 2 is 1.89 bits per heavy atom. The molecule has 1 aliphatic heterocycles. The summed E-state index contributed by atoms with van der Waals surface area (Å²) in [4.78, 5) is 0. The summed E-state index contributed by atoms with van der Waals surface area (Å²) >= 11 is 0. The highest BCUT2D eigenvalue weighted by atomic mass is 16.5. The maximum Gasteiger partial charge on any atom is 0.161 e. The number of hydrogen-bond donors (Lipinski definition) is 1. The van der Waals surface area contributed by atoms with Crippen LogP contribution in [0.15, 0.2) is 18.2 Å². The molecule has 0 bridgehead atoms. The Labute approximate surface area is 115 Å². The topological polar surface area (TPSA) is 39.7 Å². The van der Waals surface area contributed by atoms with Crippen molar-refractivity contribution in [2.24, 2.45) is 5.92 Å². The van der Waals surface area contributed by atoms with Crippen LogP contribution in [0.1, 0.15) is 25.5 Å². The molecule has 1 N–H and O–H groups in total. The summed E-state index contributed by atoms with van der Waals surface area (Å²) in [7, 11) is 3.30.